The molecule has 0 aliphatic heterocycles. The van der Waals surface area contributed by atoms with Gasteiger partial charge in [-0.1, -0.05) is 13.8 Å². The van der Waals surface area contributed by atoms with Gasteiger partial charge in [-0.25, -0.2) is 0 Å². The maximum Gasteiger partial charge on any atom is -0.0324 e. The van der Waals surface area contributed by atoms with Crippen LogP contribution in [0, 0.1) is 12.8 Å². The van der Waals surface area contributed by atoms with E-state index in [1.807, 2.05) is 13.8 Å². The number of rotatable bonds is 0. The van der Waals surface area contributed by atoms with Gasteiger partial charge in [0, 0.05) is 0 Å². The van der Waals surface area contributed by atoms with Gasteiger partial charge in [-0.05, 0) is 12.8 Å². The Balaban J connectivity index is 2.32. The summed E-state index contributed by atoms with van der Waals surface area (Å²) in [5.41, 5.74) is 0. The molecule has 0 aromatic rings. The Labute approximate surface area is 27.8 Å². The smallest absolute Gasteiger partial charge is 0.0324 e. The van der Waals surface area contributed by atoms with E-state index >= 15 is 0 Å². The fourth-order valence-electron chi connectivity index (χ4n) is 0. The molecule has 0 aliphatic rings. The van der Waals surface area contributed by atoms with Gasteiger partial charge in [-0.3, -0.25) is 0 Å². The lowest BCUT2D eigenvalue weighted by atomic mass is 10.3. The average Bonchev–Trinajstić information content (AvgIpc) is 0.811. The van der Waals surface area contributed by atoms with Crippen molar-refractivity contribution in [2.45, 2.75) is 13.8 Å². The third-order valence-electron chi connectivity index (χ3n) is 0. The third kappa shape index (κ3) is 0. The van der Waals surface area contributed by atoms with Gasteiger partial charge in [0.2, 0.25) is 0 Å². The van der Waals surface area contributed by atoms with Crippen molar-refractivity contribution in [3.8, 4) is 0 Å². The van der Waals surface area contributed by atoms with Gasteiger partial charge in [0.25, 0.3) is 0 Å². The third-order valence-corrected chi connectivity index (χ3v) is 0. The second-order valence-corrected chi connectivity index (χ2v) is 1.24. The van der Waals surface area contributed by atoms with Crippen LogP contribution in [0.1, 0.15) is 13.8 Å². The van der Waals surface area contributed by atoms with Crippen LogP contribution in [0.25, 0.3) is 0 Å². The predicted molar refractivity (Wildman–Crippen MR) is 19.1 cm³/mol. The molecule has 0 bridgehead atoms. The Bertz CT molecular complexity index is 4.75. The zero-order valence-corrected chi connectivity index (χ0v) is 3.15. The number of hydrogen-bond donors (Lipinski definition) is 0. The molecule has 0 heterocycles. The standard InChI is InChI=1S/C4H8/c1-4(2)3/h1,4H,2-3H3. The highest BCUT2D eigenvalue weighted by Gasteiger charge is 1.69. The SMILES string of the molecule is [CH]C(C)C. The zero-order valence-electron chi connectivity index (χ0n) is 3.15. The molecule has 2 radical (unpaired) electrons. The minimum atomic E-state index is 0.333. The van der Waals surface area contributed by atoms with Crippen molar-refractivity contribution < 1.29 is 0 Å². The van der Waals surface area contributed by atoms with Crippen molar-refractivity contribution in [3.63, 3.8) is 0 Å². The Morgan fingerprint density at radius 1 is 1.50 bits per heavy atom. The highest BCUT2D eigenvalue weighted by Crippen LogP contribution is 1.80. The first-order valence-corrected chi connectivity index (χ1v) is 1.49. The fourth-order valence-corrected chi connectivity index (χ4v) is 0. The van der Waals surface area contributed by atoms with Gasteiger partial charge in [0.1, 0.15) is 0 Å². The largest absolute Gasteiger partial charge is 0.0625 e. The summed E-state index contributed by atoms with van der Waals surface area (Å²) in [6, 6.07) is 0. The van der Waals surface area contributed by atoms with E-state index in [0.717, 1.165) is 0 Å². The van der Waals surface area contributed by atoms with Crippen LogP contribution < -0.4 is 0 Å². The highest BCUT2D eigenvalue weighted by molar-refractivity contribution is 4.38. The molecule has 0 unspecified atom stereocenters. The van der Waals surface area contributed by atoms with Gasteiger partial charge in [0.15, 0.2) is 0 Å². The number of hydrogen-bond acceptors (Lipinski definition) is 0. The molecule has 0 nitrogen and oxygen atoms in total. The molecule has 0 rings (SSSR count). The van der Waals surface area contributed by atoms with Crippen LogP contribution in [0.3, 0.4) is 0 Å². The van der Waals surface area contributed by atoms with Crippen LogP contribution >= 0.6 is 0 Å². The summed E-state index contributed by atoms with van der Waals surface area (Å²) in [4.78, 5) is 0. The van der Waals surface area contributed by atoms with E-state index in [2.05, 4.69) is 0 Å². The van der Waals surface area contributed by atoms with Crippen molar-refractivity contribution in [1.82, 2.24) is 0 Å². The van der Waals surface area contributed by atoms with E-state index in [1.54, 1.807) is 0 Å². The first-order valence-electron chi connectivity index (χ1n) is 1.49. The van der Waals surface area contributed by atoms with Crippen LogP contribution in [0.15, 0.2) is 0 Å². The van der Waals surface area contributed by atoms with Gasteiger partial charge in [0.05, 0.1) is 0 Å². The molecule has 0 atom stereocenters. The molecule has 0 N–H and O–H groups in total. The summed E-state index contributed by atoms with van der Waals surface area (Å²) in [5, 5.41) is 0. The van der Waals surface area contributed by atoms with Crippen LogP contribution in [0.5, 0.6) is 0 Å². The lowest BCUT2D eigenvalue weighted by Gasteiger charge is -1.78. The molecular weight excluding hydrogens is 48.0 g/mol. The zero-order chi connectivity index (χ0) is 3.58. The first-order chi connectivity index (χ1) is 1.73. The van der Waals surface area contributed by atoms with Crippen LogP contribution in [-0.4, -0.2) is 0 Å². The van der Waals surface area contributed by atoms with E-state index in [0.29, 0.717) is 5.92 Å². The van der Waals surface area contributed by atoms with Crippen LogP contribution in [-0.2, 0) is 0 Å². The summed E-state index contributed by atoms with van der Waals surface area (Å²) >= 11 is 0. The first kappa shape index (κ1) is 4.00. The van der Waals surface area contributed by atoms with Crippen molar-refractivity contribution in [2.75, 3.05) is 0 Å². The molecular formula is C4H8. The molecule has 0 aliphatic carbocycles. The predicted octanol–water partition coefficient (Wildman–Crippen LogP) is 1.35. The Morgan fingerprint density at radius 2 is 1.50 bits per heavy atom. The Kier molecular flexibility index (Phi) is 1.33. The minimum absolute atomic E-state index is 0.333. The molecule has 4 heavy (non-hydrogen) atoms. The molecule has 0 aromatic heterocycles. The average molecular weight is 56.1 g/mol. The van der Waals surface area contributed by atoms with Crippen LogP contribution in [0.2, 0.25) is 0 Å². The molecule has 0 saturated carbocycles. The van der Waals surface area contributed by atoms with Crippen molar-refractivity contribution in [1.29, 1.82) is 0 Å². The molecule has 0 aromatic carbocycles. The normalized spacial score (nSPS) is 9.00. The fraction of sp³-hybridized carbons (Fsp3) is 0.750. The summed E-state index contributed by atoms with van der Waals surface area (Å²) in [5.74, 6) is 0.333. The van der Waals surface area contributed by atoms with Gasteiger partial charge in [-0.2, -0.15) is 0 Å². The topological polar surface area (TPSA) is 0 Å². The highest BCUT2D eigenvalue weighted by atomic mass is 13.7. The Hall–Kier alpha value is 0. The lowest BCUT2D eigenvalue weighted by Crippen LogP contribution is -1.67. The second-order valence-electron chi connectivity index (χ2n) is 1.24. The van der Waals surface area contributed by atoms with E-state index in [9.17, 15) is 0 Å². The second kappa shape index (κ2) is 1.33. The molecule has 0 saturated heterocycles. The molecule has 0 spiro atoms. The maximum absolute atomic E-state index is 5.11. The Morgan fingerprint density at radius 3 is 1.50 bits per heavy atom. The van der Waals surface area contributed by atoms with Crippen LogP contribution in [0.4, 0.5) is 0 Å². The van der Waals surface area contributed by atoms with E-state index < -0.39 is 0 Å². The quantitative estimate of drug-likeness (QED) is 0.393. The van der Waals surface area contributed by atoms with E-state index in [-0.39, 0.29) is 0 Å². The summed E-state index contributed by atoms with van der Waals surface area (Å²) in [6.45, 7) is 9.00. The van der Waals surface area contributed by atoms with E-state index in [1.165, 1.54) is 0 Å². The minimum Gasteiger partial charge on any atom is -0.0625 e. The van der Waals surface area contributed by atoms with Crippen molar-refractivity contribution in [2.24, 2.45) is 5.92 Å². The molecule has 0 amide bonds. The van der Waals surface area contributed by atoms with Crippen molar-refractivity contribution >= 4 is 0 Å². The molecule has 0 heteroatoms. The molecule has 24 valence electrons. The monoisotopic (exact) mass is 56.1 g/mol. The lowest BCUT2D eigenvalue weighted by molar-refractivity contribution is 0.827. The summed E-state index contributed by atoms with van der Waals surface area (Å²) in [7, 11) is 0. The maximum atomic E-state index is 5.11. The molecule has 0 fully saturated rings. The van der Waals surface area contributed by atoms with Gasteiger partial charge < -0.3 is 0 Å². The van der Waals surface area contributed by atoms with Gasteiger partial charge in [-0.15, -0.1) is 0 Å². The van der Waals surface area contributed by atoms with Gasteiger partial charge >= 0.3 is 0 Å². The van der Waals surface area contributed by atoms with Crippen molar-refractivity contribution in [3.05, 3.63) is 6.92 Å². The summed E-state index contributed by atoms with van der Waals surface area (Å²) < 4.78 is 0. The summed E-state index contributed by atoms with van der Waals surface area (Å²) in [6.07, 6.45) is 0. The van der Waals surface area contributed by atoms with E-state index in [4.69, 9.17) is 6.92 Å².